The van der Waals surface area contributed by atoms with Gasteiger partial charge in [-0.05, 0) is 45.4 Å². The van der Waals surface area contributed by atoms with E-state index in [4.69, 9.17) is 0 Å². The van der Waals surface area contributed by atoms with Gasteiger partial charge in [0.1, 0.15) is 5.82 Å². The molecule has 9 heteroatoms. The summed E-state index contributed by atoms with van der Waals surface area (Å²) in [7, 11) is -1.88. The average molecular weight is 424 g/mol. The van der Waals surface area contributed by atoms with Crippen molar-refractivity contribution in [3.8, 4) is 0 Å². The zero-order valence-electron chi connectivity index (χ0n) is 17.5. The van der Waals surface area contributed by atoms with E-state index in [9.17, 15) is 13.2 Å². The molecule has 0 unspecified atom stereocenters. The molecular formula is C20H33N5O3S. The van der Waals surface area contributed by atoms with Gasteiger partial charge in [0.05, 0.1) is 6.20 Å². The van der Waals surface area contributed by atoms with E-state index in [1.54, 1.807) is 18.5 Å². The second kappa shape index (κ2) is 8.35. The minimum absolute atomic E-state index is 0.0324. The highest BCUT2D eigenvalue weighted by Gasteiger charge is 2.34. The summed E-state index contributed by atoms with van der Waals surface area (Å²) in [5.74, 6) is 0.962. The quantitative estimate of drug-likeness (QED) is 0.770. The first kappa shape index (κ1) is 20.8. The van der Waals surface area contributed by atoms with Crippen LogP contribution in [-0.4, -0.2) is 71.9 Å². The van der Waals surface area contributed by atoms with Gasteiger partial charge in [0, 0.05) is 51.2 Å². The summed E-state index contributed by atoms with van der Waals surface area (Å²) in [5.41, 5.74) is 0. The second-order valence-electron chi connectivity index (χ2n) is 8.82. The number of imidazole rings is 1. The molecule has 1 amide bonds. The first-order chi connectivity index (χ1) is 13.8. The van der Waals surface area contributed by atoms with E-state index in [-0.39, 0.29) is 22.9 Å². The van der Waals surface area contributed by atoms with Crippen molar-refractivity contribution in [2.75, 3.05) is 26.2 Å². The van der Waals surface area contributed by atoms with Crippen molar-refractivity contribution in [3.05, 3.63) is 12.0 Å². The predicted molar refractivity (Wildman–Crippen MR) is 110 cm³/mol. The number of carbonyl (C=O) groups excluding carboxylic acids is 1. The molecule has 8 nitrogen and oxygen atoms in total. The Morgan fingerprint density at radius 1 is 1.07 bits per heavy atom. The van der Waals surface area contributed by atoms with Crippen LogP contribution in [0, 0.1) is 12.8 Å². The van der Waals surface area contributed by atoms with Gasteiger partial charge in [0.15, 0.2) is 5.03 Å². The van der Waals surface area contributed by atoms with Crippen molar-refractivity contribution in [3.63, 3.8) is 0 Å². The van der Waals surface area contributed by atoms with Crippen LogP contribution in [0.5, 0.6) is 0 Å². The van der Waals surface area contributed by atoms with Crippen LogP contribution in [0.1, 0.15) is 50.8 Å². The molecule has 3 aliphatic rings. The molecule has 4 rings (SSSR count). The molecule has 0 bridgehead atoms. The first-order valence-corrected chi connectivity index (χ1v) is 12.4. The van der Waals surface area contributed by atoms with Gasteiger partial charge in [0.2, 0.25) is 5.91 Å². The largest absolute Gasteiger partial charge is 0.340 e. The predicted octanol–water partition coefficient (Wildman–Crippen LogP) is 1.26. The molecule has 3 fully saturated rings. The molecule has 0 radical (unpaired) electrons. The fraction of sp³-hybridized carbons (Fsp3) is 0.800. The van der Waals surface area contributed by atoms with Crippen molar-refractivity contribution in [1.29, 1.82) is 0 Å². The Balaban J connectivity index is 1.26. The van der Waals surface area contributed by atoms with Gasteiger partial charge >= 0.3 is 0 Å². The van der Waals surface area contributed by atoms with Crippen LogP contribution in [0.4, 0.5) is 0 Å². The Labute approximate surface area is 173 Å². The number of aromatic nitrogens is 2. The third-order valence-corrected chi connectivity index (χ3v) is 8.64. The number of amides is 1. The van der Waals surface area contributed by atoms with Gasteiger partial charge in [-0.1, -0.05) is 6.42 Å². The Hall–Kier alpha value is -1.45. The number of hydrogen-bond acceptors (Lipinski definition) is 5. The molecule has 0 aromatic carbocycles. The maximum atomic E-state index is 12.9. The van der Waals surface area contributed by atoms with Crippen LogP contribution in [0.15, 0.2) is 11.2 Å². The third-order valence-electron chi connectivity index (χ3n) is 7.07. The van der Waals surface area contributed by atoms with Crippen LogP contribution in [-0.2, 0) is 21.9 Å². The summed E-state index contributed by atoms with van der Waals surface area (Å²) >= 11 is 0. The smallest absolute Gasteiger partial charge is 0.258 e. The highest BCUT2D eigenvalue weighted by Crippen LogP contribution is 2.29. The van der Waals surface area contributed by atoms with E-state index in [1.165, 1.54) is 25.5 Å². The summed E-state index contributed by atoms with van der Waals surface area (Å²) in [4.78, 5) is 21.6. The Kier molecular flexibility index (Phi) is 5.99. The molecule has 1 saturated heterocycles. The summed E-state index contributed by atoms with van der Waals surface area (Å²) in [6.07, 6.45) is 8.27. The molecule has 1 aliphatic heterocycles. The molecule has 2 heterocycles. The SMILES string of the molecule is Cc1ncc(S(=O)(=O)NC2CCC(C(=O)N3CCN(C4CCC4)CC3)CC2)n1C. The Morgan fingerprint density at radius 2 is 1.72 bits per heavy atom. The van der Waals surface area contributed by atoms with Gasteiger partial charge in [-0.3, -0.25) is 9.69 Å². The van der Waals surface area contributed by atoms with E-state index in [0.29, 0.717) is 18.7 Å². The van der Waals surface area contributed by atoms with Crippen molar-refractivity contribution < 1.29 is 13.2 Å². The summed E-state index contributed by atoms with van der Waals surface area (Å²) in [6.45, 7) is 5.44. The summed E-state index contributed by atoms with van der Waals surface area (Å²) in [5, 5.41) is 0.192. The molecule has 162 valence electrons. The summed E-state index contributed by atoms with van der Waals surface area (Å²) in [6, 6.07) is 0.633. The minimum atomic E-state index is -3.59. The standard InChI is InChI=1S/C20H33N5O3S/c1-15-21-14-19(23(15)2)29(27,28)22-17-8-6-16(7-9-17)20(26)25-12-10-24(11-13-25)18-4-3-5-18/h14,16-18,22H,3-13H2,1-2H3. The van der Waals surface area contributed by atoms with Gasteiger partial charge in [-0.25, -0.2) is 18.1 Å². The monoisotopic (exact) mass is 423 g/mol. The van der Waals surface area contributed by atoms with Gasteiger partial charge < -0.3 is 9.47 Å². The molecule has 0 spiro atoms. The fourth-order valence-corrected chi connectivity index (χ4v) is 6.27. The number of nitrogens with zero attached hydrogens (tertiary/aromatic N) is 4. The Morgan fingerprint density at radius 3 is 2.24 bits per heavy atom. The van der Waals surface area contributed by atoms with Crippen LogP contribution in [0.25, 0.3) is 0 Å². The topological polar surface area (TPSA) is 87.5 Å². The summed E-state index contributed by atoms with van der Waals surface area (Å²) < 4.78 is 29.7. The number of aryl methyl sites for hydroxylation is 1. The molecule has 1 N–H and O–H groups in total. The maximum Gasteiger partial charge on any atom is 0.258 e. The lowest BCUT2D eigenvalue weighted by Crippen LogP contribution is -2.54. The van der Waals surface area contributed by atoms with Crippen molar-refractivity contribution in [2.45, 2.75) is 69.0 Å². The number of piperazine rings is 1. The Bertz CT molecular complexity index is 832. The van der Waals surface area contributed by atoms with E-state index in [2.05, 4.69) is 14.6 Å². The normalized spacial score (nSPS) is 27.0. The highest BCUT2D eigenvalue weighted by atomic mass is 32.2. The highest BCUT2D eigenvalue weighted by molar-refractivity contribution is 7.89. The molecule has 29 heavy (non-hydrogen) atoms. The molecule has 2 aliphatic carbocycles. The molecule has 0 atom stereocenters. The van der Waals surface area contributed by atoms with Gasteiger partial charge in [-0.2, -0.15) is 0 Å². The zero-order valence-corrected chi connectivity index (χ0v) is 18.3. The number of rotatable bonds is 5. The van der Waals surface area contributed by atoms with E-state index in [1.807, 2.05) is 4.90 Å². The molecule has 1 aromatic heterocycles. The van der Waals surface area contributed by atoms with Crippen molar-refractivity contribution >= 4 is 15.9 Å². The van der Waals surface area contributed by atoms with Gasteiger partial charge in [-0.15, -0.1) is 0 Å². The number of carbonyl (C=O) groups is 1. The first-order valence-electron chi connectivity index (χ1n) is 10.9. The lowest BCUT2D eigenvalue weighted by molar-refractivity contribution is -0.139. The van der Waals surface area contributed by atoms with E-state index >= 15 is 0 Å². The van der Waals surface area contributed by atoms with Crippen LogP contribution in [0.3, 0.4) is 0 Å². The third kappa shape index (κ3) is 4.36. The average Bonchev–Trinajstić information content (AvgIpc) is 3.00. The van der Waals surface area contributed by atoms with Crippen molar-refractivity contribution in [2.24, 2.45) is 13.0 Å². The van der Waals surface area contributed by atoms with Crippen molar-refractivity contribution in [1.82, 2.24) is 24.1 Å². The number of nitrogens with one attached hydrogen (secondary N) is 1. The lowest BCUT2D eigenvalue weighted by atomic mass is 9.85. The maximum absolute atomic E-state index is 12.9. The molecule has 1 aromatic rings. The van der Waals surface area contributed by atoms with Crippen LogP contribution < -0.4 is 4.72 Å². The van der Waals surface area contributed by atoms with E-state index < -0.39 is 10.0 Å². The van der Waals surface area contributed by atoms with Crippen LogP contribution in [0.2, 0.25) is 0 Å². The molecule has 2 saturated carbocycles. The van der Waals surface area contributed by atoms with Gasteiger partial charge in [0.25, 0.3) is 10.0 Å². The zero-order chi connectivity index (χ0) is 20.6. The number of hydrogen-bond donors (Lipinski definition) is 1. The second-order valence-corrected chi connectivity index (χ2v) is 10.5. The minimum Gasteiger partial charge on any atom is -0.340 e. The fourth-order valence-electron chi connectivity index (χ4n) is 4.79. The molecular weight excluding hydrogens is 390 g/mol. The number of sulfonamides is 1. The van der Waals surface area contributed by atoms with Crippen LogP contribution >= 0.6 is 0 Å². The van der Waals surface area contributed by atoms with E-state index in [0.717, 1.165) is 45.1 Å². The lowest BCUT2D eigenvalue weighted by Gasteiger charge is -2.44.